The molecule has 0 saturated heterocycles. The fourth-order valence-electron chi connectivity index (χ4n) is 1.63. The Hall–Kier alpha value is -2.93. The second-order valence-corrected chi connectivity index (χ2v) is 5.14. The molecule has 0 amide bonds. The van der Waals surface area contributed by atoms with Gasteiger partial charge in [0.25, 0.3) is 0 Å². The van der Waals surface area contributed by atoms with Crippen molar-refractivity contribution >= 4 is 29.8 Å². The van der Waals surface area contributed by atoms with E-state index in [0.29, 0.717) is 19.4 Å². The topological polar surface area (TPSA) is 243 Å². The van der Waals surface area contributed by atoms with Crippen molar-refractivity contribution in [1.29, 1.82) is 5.41 Å². The molecule has 0 fully saturated rings. The van der Waals surface area contributed by atoms with Crippen molar-refractivity contribution in [3.63, 3.8) is 0 Å². The zero-order valence-corrected chi connectivity index (χ0v) is 14.1. The van der Waals surface area contributed by atoms with E-state index in [0.717, 1.165) is 0 Å². The van der Waals surface area contributed by atoms with Crippen LogP contribution in [0.3, 0.4) is 0 Å². The van der Waals surface area contributed by atoms with Gasteiger partial charge in [0.1, 0.15) is 6.04 Å². The molecule has 0 unspecified atom stereocenters. The lowest BCUT2D eigenvalue weighted by atomic mass is 9.96. The smallest absolute Gasteiger partial charge is 0.336 e. The third-order valence-electron chi connectivity index (χ3n) is 2.92. The third kappa shape index (κ3) is 12.5. The summed E-state index contributed by atoms with van der Waals surface area (Å²) in [5.41, 5.74) is 2.30. The SMILES string of the molecule is CN[C@@H](CCCNC(=N)N)C(=O)O.O=C(O)CC(O)(CC(=O)O)C(=O)O. The highest BCUT2D eigenvalue weighted by molar-refractivity contribution is 5.88. The van der Waals surface area contributed by atoms with Crippen LogP contribution >= 0.6 is 0 Å². The summed E-state index contributed by atoms with van der Waals surface area (Å²) in [6, 6.07) is -0.520. The molecule has 0 aliphatic rings. The van der Waals surface area contributed by atoms with E-state index >= 15 is 0 Å². The molecule has 0 saturated carbocycles. The fraction of sp³-hybridized carbons (Fsp3) is 0.615. The molecule has 0 aromatic rings. The van der Waals surface area contributed by atoms with Gasteiger partial charge in [0.05, 0.1) is 12.8 Å². The number of carbonyl (C=O) groups is 4. The predicted molar refractivity (Wildman–Crippen MR) is 86.7 cm³/mol. The van der Waals surface area contributed by atoms with Gasteiger partial charge in [-0.25, -0.2) is 4.79 Å². The summed E-state index contributed by atoms with van der Waals surface area (Å²) in [5.74, 6) is -5.96. The van der Waals surface area contributed by atoms with E-state index in [1.54, 1.807) is 7.05 Å². The molecular formula is C13H24N4O9. The van der Waals surface area contributed by atoms with Crippen LogP contribution in [0, 0.1) is 5.41 Å². The molecule has 13 nitrogen and oxygen atoms in total. The average Bonchev–Trinajstić information content (AvgIpc) is 2.45. The normalized spacial score (nSPS) is 11.5. The molecule has 0 spiro atoms. The van der Waals surface area contributed by atoms with E-state index in [-0.39, 0.29) is 5.96 Å². The number of carboxylic acid groups (broad SMARTS) is 4. The Balaban J connectivity index is 0. The monoisotopic (exact) mass is 380 g/mol. The first-order valence-corrected chi connectivity index (χ1v) is 7.23. The van der Waals surface area contributed by atoms with E-state index in [2.05, 4.69) is 10.6 Å². The lowest BCUT2D eigenvalue weighted by molar-refractivity contribution is -0.170. The molecule has 0 heterocycles. The third-order valence-corrected chi connectivity index (χ3v) is 2.92. The molecule has 0 aliphatic carbocycles. The van der Waals surface area contributed by atoms with E-state index in [4.69, 9.17) is 36.7 Å². The van der Waals surface area contributed by atoms with Crippen LogP contribution in [0.2, 0.25) is 0 Å². The van der Waals surface area contributed by atoms with Gasteiger partial charge in [-0.3, -0.25) is 19.8 Å². The number of carboxylic acids is 4. The molecule has 0 aromatic heterocycles. The quantitative estimate of drug-likeness (QED) is 0.104. The maximum absolute atomic E-state index is 10.5. The fourth-order valence-corrected chi connectivity index (χ4v) is 1.63. The largest absolute Gasteiger partial charge is 0.481 e. The summed E-state index contributed by atoms with van der Waals surface area (Å²) in [6.07, 6.45) is -1.10. The van der Waals surface area contributed by atoms with Crippen LogP contribution < -0.4 is 16.4 Å². The van der Waals surface area contributed by atoms with Crippen LogP contribution in [0.25, 0.3) is 0 Å². The highest BCUT2D eigenvalue weighted by Gasteiger charge is 2.40. The van der Waals surface area contributed by atoms with Crippen molar-refractivity contribution in [3.8, 4) is 0 Å². The van der Waals surface area contributed by atoms with E-state index in [1.165, 1.54) is 0 Å². The first kappa shape index (κ1) is 25.3. The Labute approximate surface area is 148 Å². The molecule has 13 heteroatoms. The molecule has 10 N–H and O–H groups in total. The maximum Gasteiger partial charge on any atom is 0.336 e. The maximum atomic E-state index is 10.5. The lowest BCUT2D eigenvalue weighted by Crippen LogP contribution is -2.42. The average molecular weight is 380 g/mol. The minimum atomic E-state index is -2.74. The number of rotatable bonds is 11. The second-order valence-electron chi connectivity index (χ2n) is 5.14. The zero-order valence-electron chi connectivity index (χ0n) is 14.1. The first-order chi connectivity index (χ1) is 11.9. The summed E-state index contributed by atoms with van der Waals surface area (Å²) in [7, 11) is 1.61. The Bertz CT molecular complexity index is 508. The van der Waals surface area contributed by atoms with Gasteiger partial charge in [-0.05, 0) is 19.9 Å². The number of guanidine groups is 1. The number of aliphatic carboxylic acids is 4. The van der Waals surface area contributed by atoms with Crippen molar-refractivity contribution < 1.29 is 44.7 Å². The molecule has 1 atom stereocenters. The number of aliphatic hydroxyl groups is 1. The van der Waals surface area contributed by atoms with Crippen LogP contribution in [-0.4, -0.2) is 80.6 Å². The number of hydrogen-bond donors (Lipinski definition) is 9. The van der Waals surface area contributed by atoms with E-state index in [1.807, 2.05) is 0 Å². The lowest BCUT2D eigenvalue weighted by Gasteiger charge is -2.18. The Morgan fingerprint density at radius 1 is 1.08 bits per heavy atom. The van der Waals surface area contributed by atoms with Gasteiger partial charge in [0.2, 0.25) is 0 Å². The van der Waals surface area contributed by atoms with Gasteiger partial charge in [-0.1, -0.05) is 0 Å². The Kier molecular flexibility index (Phi) is 12.1. The van der Waals surface area contributed by atoms with Gasteiger partial charge >= 0.3 is 23.9 Å². The summed E-state index contributed by atoms with van der Waals surface area (Å²) < 4.78 is 0. The van der Waals surface area contributed by atoms with Gasteiger partial charge in [0, 0.05) is 6.54 Å². The molecule has 150 valence electrons. The molecule has 0 radical (unpaired) electrons. The zero-order chi connectivity index (χ0) is 20.9. The van der Waals surface area contributed by atoms with Gasteiger partial charge < -0.3 is 41.9 Å². The van der Waals surface area contributed by atoms with Crippen LogP contribution in [0.4, 0.5) is 0 Å². The second kappa shape index (κ2) is 12.4. The highest BCUT2D eigenvalue weighted by atomic mass is 16.4. The number of hydrogen-bond acceptors (Lipinski definition) is 7. The minimum absolute atomic E-state index is 0.0867. The molecule has 0 aliphatic heterocycles. The van der Waals surface area contributed by atoms with Crippen LogP contribution in [0.15, 0.2) is 0 Å². The van der Waals surface area contributed by atoms with Crippen LogP contribution in [0.5, 0.6) is 0 Å². The van der Waals surface area contributed by atoms with Crippen molar-refractivity contribution in [3.05, 3.63) is 0 Å². The first-order valence-electron chi connectivity index (χ1n) is 7.23. The molecule has 26 heavy (non-hydrogen) atoms. The number of nitrogens with one attached hydrogen (secondary N) is 3. The van der Waals surface area contributed by atoms with E-state index in [9.17, 15) is 19.2 Å². The summed E-state index contributed by atoms with van der Waals surface area (Å²) >= 11 is 0. The van der Waals surface area contributed by atoms with Crippen molar-refractivity contribution in [2.45, 2.75) is 37.3 Å². The van der Waals surface area contributed by atoms with Gasteiger partial charge in [-0.2, -0.15) is 0 Å². The number of likely N-dealkylation sites (N-methyl/N-ethyl adjacent to an activating group) is 1. The molecule has 0 bridgehead atoms. The Morgan fingerprint density at radius 3 is 1.81 bits per heavy atom. The predicted octanol–water partition coefficient (Wildman–Crippen LogP) is -2.33. The van der Waals surface area contributed by atoms with Crippen molar-refractivity contribution in [2.24, 2.45) is 5.73 Å². The van der Waals surface area contributed by atoms with Crippen molar-refractivity contribution in [2.75, 3.05) is 13.6 Å². The van der Waals surface area contributed by atoms with Crippen molar-refractivity contribution in [1.82, 2.24) is 10.6 Å². The standard InChI is InChI=1S/C7H16N4O2.C6H8O7/c1-10-5(6(12)13)3-2-4-11-7(8)9;7-3(8)1-6(13,5(11)12)2-4(9)10/h5,10H,2-4H2,1H3,(H,12,13)(H4,8,9,11);13H,1-2H2,(H,7,8)(H,9,10)(H,11,12)/t5-;/m0./s1. The summed E-state index contributed by atoms with van der Waals surface area (Å²) in [4.78, 5) is 41.0. The van der Waals surface area contributed by atoms with Crippen LogP contribution in [-0.2, 0) is 19.2 Å². The molecule has 0 rings (SSSR count). The highest BCUT2D eigenvalue weighted by Crippen LogP contribution is 2.15. The van der Waals surface area contributed by atoms with Crippen LogP contribution in [0.1, 0.15) is 25.7 Å². The van der Waals surface area contributed by atoms with E-state index < -0.39 is 48.4 Å². The summed E-state index contributed by atoms with van der Waals surface area (Å²) in [5, 5.41) is 54.6. The van der Waals surface area contributed by atoms with Gasteiger partial charge in [-0.15, -0.1) is 0 Å². The Morgan fingerprint density at radius 2 is 1.54 bits per heavy atom. The van der Waals surface area contributed by atoms with Gasteiger partial charge in [0.15, 0.2) is 11.6 Å². The summed E-state index contributed by atoms with van der Waals surface area (Å²) in [6.45, 7) is 0.529. The molecule has 0 aromatic carbocycles. The molecular weight excluding hydrogens is 356 g/mol. The minimum Gasteiger partial charge on any atom is -0.481 e. The number of nitrogens with two attached hydrogens (primary N) is 1.